The van der Waals surface area contributed by atoms with E-state index in [1.54, 1.807) is 18.2 Å². The van der Waals surface area contributed by atoms with Gasteiger partial charge in [-0.3, -0.25) is 9.69 Å². The molecular weight excluding hydrogens is 258 g/mol. The third-order valence-corrected chi connectivity index (χ3v) is 3.27. The Kier molecular flexibility index (Phi) is 6.31. The zero-order chi connectivity index (χ0) is 15.1. The predicted molar refractivity (Wildman–Crippen MR) is 77.5 cm³/mol. The molecule has 1 N–H and O–H groups in total. The molecule has 1 unspecified atom stereocenters. The van der Waals surface area contributed by atoms with E-state index < -0.39 is 12.0 Å². The number of aliphatic carboxylic acids is 1. The number of benzene rings is 1. The van der Waals surface area contributed by atoms with Crippen molar-refractivity contribution in [2.75, 3.05) is 27.8 Å². The van der Waals surface area contributed by atoms with Crippen molar-refractivity contribution in [1.29, 1.82) is 0 Å². The van der Waals surface area contributed by atoms with Crippen LogP contribution < -0.4 is 9.47 Å². The number of hydrogen-bond acceptors (Lipinski definition) is 4. The first-order valence-corrected chi connectivity index (χ1v) is 6.70. The Morgan fingerprint density at radius 2 is 2.05 bits per heavy atom. The molecule has 0 radical (unpaired) electrons. The SMILES string of the molecule is CCCCN(C)C(C(=O)O)c1cccc(OC)c1OC. The second kappa shape index (κ2) is 7.75. The molecular formula is C15H23NO4. The van der Waals surface area contributed by atoms with Crippen LogP contribution in [0.1, 0.15) is 31.4 Å². The van der Waals surface area contributed by atoms with Gasteiger partial charge < -0.3 is 14.6 Å². The molecule has 112 valence electrons. The van der Waals surface area contributed by atoms with Gasteiger partial charge in [-0.2, -0.15) is 0 Å². The Balaban J connectivity index is 3.18. The Morgan fingerprint density at radius 1 is 1.35 bits per heavy atom. The number of rotatable bonds is 8. The zero-order valence-electron chi connectivity index (χ0n) is 12.5. The van der Waals surface area contributed by atoms with Crippen LogP contribution in [-0.2, 0) is 4.79 Å². The van der Waals surface area contributed by atoms with Crippen molar-refractivity contribution < 1.29 is 19.4 Å². The van der Waals surface area contributed by atoms with E-state index in [1.165, 1.54) is 14.2 Å². The third-order valence-electron chi connectivity index (χ3n) is 3.27. The standard InChI is InChI=1S/C15H23NO4/c1-5-6-10-16(2)13(15(17)18)11-8-7-9-12(19-3)14(11)20-4/h7-9,13H,5-6,10H2,1-4H3,(H,17,18). The van der Waals surface area contributed by atoms with Crippen LogP contribution in [0, 0.1) is 0 Å². The summed E-state index contributed by atoms with van der Waals surface area (Å²) < 4.78 is 10.6. The maximum Gasteiger partial charge on any atom is 0.325 e. The first kappa shape index (κ1) is 16.3. The van der Waals surface area contributed by atoms with Gasteiger partial charge >= 0.3 is 5.97 Å². The number of hydrogen-bond donors (Lipinski definition) is 1. The summed E-state index contributed by atoms with van der Waals surface area (Å²) in [6.07, 6.45) is 1.97. The lowest BCUT2D eigenvalue weighted by Gasteiger charge is -2.26. The average molecular weight is 281 g/mol. The van der Waals surface area contributed by atoms with Gasteiger partial charge in [0, 0.05) is 5.56 Å². The van der Waals surface area contributed by atoms with E-state index in [4.69, 9.17) is 9.47 Å². The van der Waals surface area contributed by atoms with Crippen molar-refractivity contribution in [3.63, 3.8) is 0 Å². The van der Waals surface area contributed by atoms with Crippen LogP contribution in [0.4, 0.5) is 0 Å². The Bertz CT molecular complexity index is 447. The molecule has 5 heteroatoms. The first-order chi connectivity index (χ1) is 9.56. The van der Waals surface area contributed by atoms with Gasteiger partial charge in [0.2, 0.25) is 0 Å². The lowest BCUT2D eigenvalue weighted by Crippen LogP contribution is -2.32. The number of nitrogens with zero attached hydrogens (tertiary/aromatic N) is 1. The van der Waals surface area contributed by atoms with Gasteiger partial charge in [0.05, 0.1) is 14.2 Å². The molecule has 20 heavy (non-hydrogen) atoms. The highest BCUT2D eigenvalue weighted by Gasteiger charge is 2.28. The van der Waals surface area contributed by atoms with Crippen molar-refractivity contribution in [3.05, 3.63) is 23.8 Å². The normalized spacial score (nSPS) is 12.2. The number of para-hydroxylation sites is 1. The van der Waals surface area contributed by atoms with E-state index in [1.807, 2.05) is 11.9 Å². The molecule has 0 bridgehead atoms. The smallest absolute Gasteiger partial charge is 0.325 e. The largest absolute Gasteiger partial charge is 0.493 e. The molecule has 0 amide bonds. The molecule has 0 saturated heterocycles. The fraction of sp³-hybridized carbons (Fsp3) is 0.533. The lowest BCUT2D eigenvalue weighted by molar-refractivity contribution is -0.143. The number of unbranched alkanes of at least 4 members (excludes halogenated alkanes) is 1. The van der Waals surface area contributed by atoms with E-state index in [9.17, 15) is 9.90 Å². The molecule has 0 aliphatic carbocycles. The number of carboxylic acid groups (broad SMARTS) is 1. The van der Waals surface area contributed by atoms with Crippen LogP contribution in [-0.4, -0.2) is 43.8 Å². The van der Waals surface area contributed by atoms with Crippen LogP contribution in [0.25, 0.3) is 0 Å². The topological polar surface area (TPSA) is 59.0 Å². The maximum atomic E-state index is 11.6. The molecule has 1 rings (SSSR count). The highest BCUT2D eigenvalue weighted by atomic mass is 16.5. The van der Waals surface area contributed by atoms with Crippen molar-refractivity contribution in [1.82, 2.24) is 4.90 Å². The number of methoxy groups -OCH3 is 2. The fourth-order valence-corrected chi connectivity index (χ4v) is 2.22. The third kappa shape index (κ3) is 3.63. The fourth-order valence-electron chi connectivity index (χ4n) is 2.22. The van der Waals surface area contributed by atoms with E-state index in [0.29, 0.717) is 23.6 Å². The molecule has 0 aliphatic rings. The summed E-state index contributed by atoms with van der Waals surface area (Å²) in [6.45, 7) is 2.80. The molecule has 1 aromatic carbocycles. The van der Waals surface area contributed by atoms with E-state index >= 15 is 0 Å². The molecule has 1 aromatic rings. The highest BCUT2D eigenvalue weighted by Crippen LogP contribution is 2.36. The summed E-state index contributed by atoms with van der Waals surface area (Å²) in [5.41, 5.74) is 0.609. The Morgan fingerprint density at radius 3 is 2.55 bits per heavy atom. The molecule has 5 nitrogen and oxygen atoms in total. The Labute approximate surface area is 120 Å². The van der Waals surface area contributed by atoms with Crippen LogP contribution >= 0.6 is 0 Å². The monoisotopic (exact) mass is 281 g/mol. The molecule has 1 atom stereocenters. The second-order valence-electron chi connectivity index (χ2n) is 4.66. The summed E-state index contributed by atoms with van der Waals surface area (Å²) in [7, 11) is 4.87. The summed E-state index contributed by atoms with van der Waals surface area (Å²) in [4.78, 5) is 13.5. The van der Waals surface area contributed by atoms with Gasteiger partial charge in [-0.1, -0.05) is 25.5 Å². The van der Waals surface area contributed by atoms with Gasteiger partial charge in [0.25, 0.3) is 0 Å². The van der Waals surface area contributed by atoms with Gasteiger partial charge in [-0.25, -0.2) is 0 Å². The van der Waals surface area contributed by atoms with Crippen molar-refractivity contribution in [3.8, 4) is 11.5 Å². The number of carbonyl (C=O) groups is 1. The molecule has 0 fully saturated rings. The summed E-state index contributed by atoms with van der Waals surface area (Å²) in [5, 5.41) is 9.54. The maximum absolute atomic E-state index is 11.6. The van der Waals surface area contributed by atoms with Gasteiger partial charge in [0.1, 0.15) is 6.04 Å². The van der Waals surface area contributed by atoms with E-state index in [2.05, 4.69) is 6.92 Å². The molecule has 0 aromatic heterocycles. The van der Waals surface area contributed by atoms with Crippen molar-refractivity contribution in [2.24, 2.45) is 0 Å². The lowest BCUT2D eigenvalue weighted by atomic mass is 10.0. The van der Waals surface area contributed by atoms with Crippen LogP contribution in [0.5, 0.6) is 11.5 Å². The first-order valence-electron chi connectivity index (χ1n) is 6.70. The average Bonchev–Trinajstić information content (AvgIpc) is 2.44. The zero-order valence-corrected chi connectivity index (χ0v) is 12.5. The predicted octanol–water partition coefficient (Wildman–Crippen LogP) is 2.56. The quantitative estimate of drug-likeness (QED) is 0.793. The minimum Gasteiger partial charge on any atom is -0.493 e. The number of carboxylic acids is 1. The van der Waals surface area contributed by atoms with E-state index in [0.717, 1.165) is 12.8 Å². The summed E-state index contributed by atoms with van der Waals surface area (Å²) in [6, 6.07) is 4.56. The molecule has 0 heterocycles. The minimum absolute atomic E-state index is 0.478. The van der Waals surface area contributed by atoms with Crippen LogP contribution in [0.2, 0.25) is 0 Å². The second-order valence-corrected chi connectivity index (χ2v) is 4.66. The van der Waals surface area contributed by atoms with Crippen LogP contribution in [0.3, 0.4) is 0 Å². The Hall–Kier alpha value is -1.75. The summed E-state index contributed by atoms with van der Waals surface area (Å²) >= 11 is 0. The van der Waals surface area contributed by atoms with Crippen molar-refractivity contribution >= 4 is 5.97 Å². The molecule has 0 spiro atoms. The van der Waals surface area contributed by atoms with Crippen LogP contribution in [0.15, 0.2) is 18.2 Å². The van der Waals surface area contributed by atoms with Gasteiger partial charge in [-0.15, -0.1) is 0 Å². The summed E-state index contributed by atoms with van der Waals surface area (Å²) in [5.74, 6) is 0.126. The van der Waals surface area contributed by atoms with Gasteiger partial charge in [0.15, 0.2) is 11.5 Å². The van der Waals surface area contributed by atoms with E-state index in [-0.39, 0.29) is 0 Å². The highest BCUT2D eigenvalue weighted by molar-refractivity contribution is 5.77. The minimum atomic E-state index is -0.893. The van der Waals surface area contributed by atoms with Gasteiger partial charge in [-0.05, 0) is 26.1 Å². The molecule has 0 saturated carbocycles. The van der Waals surface area contributed by atoms with Crippen molar-refractivity contribution in [2.45, 2.75) is 25.8 Å². The molecule has 0 aliphatic heterocycles. The number of ether oxygens (including phenoxy) is 2. The number of likely N-dealkylation sites (N-methyl/N-ethyl adjacent to an activating group) is 1.